The first-order valence-electron chi connectivity index (χ1n) is 7.13. The van der Waals surface area contributed by atoms with Gasteiger partial charge in [0.25, 0.3) is 0 Å². The molecule has 0 amide bonds. The zero-order chi connectivity index (χ0) is 15.9. The van der Waals surface area contributed by atoms with Gasteiger partial charge in [-0.15, -0.1) is 0 Å². The second-order valence-electron chi connectivity index (χ2n) is 4.82. The van der Waals surface area contributed by atoms with Gasteiger partial charge in [-0.2, -0.15) is 0 Å². The Labute approximate surface area is 127 Å². The lowest BCUT2D eigenvalue weighted by atomic mass is 10.1. The van der Waals surface area contributed by atoms with Gasteiger partial charge >= 0.3 is 0 Å². The first-order valence-corrected chi connectivity index (χ1v) is 8.95. The summed E-state index contributed by atoms with van der Waals surface area (Å²) in [5.41, 5.74) is 0.887. The van der Waals surface area contributed by atoms with E-state index in [-0.39, 0.29) is 17.5 Å². The van der Waals surface area contributed by atoms with Crippen molar-refractivity contribution in [3.63, 3.8) is 0 Å². The SMILES string of the molecule is CCCNC(CS(=O)(=O)CC)c1ccc(OC)c(OC)c1. The van der Waals surface area contributed by atoms with Gasteiger partial charge < -0.3 is 14.8 Å². The standard InChI is InChI=1S/C15H25NO4S/c1-5-9-16-13(11-21(17,18)6-2)12-7-8-14(19-3)15(10-12)20-4/h7-8,10,13,16H,5-6,9,11H2,1-4H3. The van der Waals surface area contributed by atoms with E-state index in [0.717, 1.165) is 18.5 Å². The molecular weight excluding hydrogens is 290 g/mol. The molecule has 0 aliphatic heterocycles. The molecule has 0 saturated heterocycles. The van der Waals surface area contributed by atoms with Gasteiger partial charge in [0.15, 0.2) is 21.3 Å². The molecule has 1 N–H and O–H groups in total. The fourth-order valence-corrected chi connectivity index (χ4v) is 3.09. The van der Waals surface area contributed by atoms with Gasteiger partial charge in [0.2, 0.25) is 0 Å². The smallest absolute Gasteiger partial charge is 0.161 e. The van der Waals surface area contributed by atoms with Gasteiger partial charge in [0.1, 0.15) is 0 Å². The quantitative estimate of drug-likeness (QED) is 0.756. The highest BCUT2D eigenvalue weighted by Gasteiger charge is 2.20. The van der Waals surface area contributed by atoms with Crippen LogP contribution in [-0.4, -0.2) is 40.7 Å². The molecule has 0 spiro atoms. The summed E-state index contributed by atoms with van der Waals surface area (Å²) in [5.74, 6) is 1.46. The van der Waals surface area contributed by atoms with Gasteiger partial charge in [0.05, 0.1) is 20.0 Å². The van der Waals surface area contributed by atoms with Crippen LogP contribution in [0.2, 0.25) is 0 Å². The van der Waals surface area contributed by atoms with E-state index in [1.165, 1.54) is 0 Å². The minimum atomic E-state index is -3.07. The largest absolute Gasteiger partial charge is 0.493 e. The summed E-state index contributed by atoms with van der Waals surface area (Å²) < 4.78 is 34.4. The van der Waals surface area contributed by atoms with E-state index < -0.39 is 9.84 Å². The Hall–Kier alpha value is -1.27. The van der Waals surface area contributed by atoms with Crippen molar-refractivity contribution in [2.24, 2.45) is 0 Å². The monoisotopic (exact) mass is 315 g/mol. The van der Waals surface area contributed by atoms with Crippen molar-refractivity contribution in [3.8, 4) is 11.5 Å². The maximum absolute atomic E-state index is 11.9. The van der Waals surface area contributed by atoms with Crippen LogP contribution in [0.5, 0.6) is 11.5 Å². The number of benzene rings is 1. The lowest BCUT2D eigenvalue weighted by Crippen LogP contribution is -2.29. The van der Waals surface area contributed by atoms with Gasteiger partial charge in [0, 0.05) is 11.8 Å². The molecular formula is C15H25NO4S. The number of methoxy groups -OCH3 is 2. The van der Waals surface area contributed by atoms with Crippen LogP contribution >= 0.6 is 0 Å². The average Bonchev–Trinajstić information content (AvgIpc) is 2.50. The summed E-state index contributed by atoms with van der Waals surface area (Å²) in [6.07, 6.45) is 0.940. The summed E-state index contributed by atoms with van der Waals surface area (Å²) in [6.45, 7) is 4.48. The van der Waals surface area contributed by atoms with Gasteiger partial charge in [-0.05, 0) is 30.7 Å². The van der Waals surface area contributed by atoms with Crippen LogP contribution in [0, 0.1) is 0 Å². The molecule has 0 aromatic heterocycles. The van der Waals surface area contributed by atoms with Crippen LogP contribution in [0.4, 0.5) is 0 Å². The molecule has 0 saturated carbocycles. The summed E-state index contributed by atoms with van der Waals surface area (Å²) >= 11 is 0. The fraction of sp³-hybridized carbons (Fsp3) is 0.600. The van der Waals surface area contributed by atoms with Gasteiger partial charge in [-0.1, -0.05) is 19.9 Å². The van der Waals surface area contributed by atoms with Crippen molar-refractivity contribution in [1.82, 2.24) is 5.32 Å². The average molecular weight is 315 g/mol. The molecule has 1 atom stereocenters. The Kier molecular flexibility index (Phi) is 6.98. The highest BCUT2D eigenvalue weighted by Crippen LogP contribution is 2.30. The normalized spacial score (nSPS) is 13.0. The van der Waals surface area contributed by atoms with Crippen LogP contribution in [0.1, 0.15) is 31.9 Å². The van der Waals surface area contributed by atoms with Crippen molar-refractivity contribution < 1.29 is 17.9 Å². The fourth-order valence-electron chi connectivity index (χ4n) is 2.03. The second-order valence-corrected chi connectivity index (χ2v) is 7.22. The Morgan fingerprint density at radius 1 is 1.14 bits per heavy atom. The maximum atomic E-state index is 11.9. The van der Waals surface area contributed by atoms with E-state index in [0.29, 0.717) is 11.5 Å². The number of sulfone groups is 1. The minimum Gasteiger partial charge on any atom is -0.493 e. The Morgan fingerprint density at radius 2 is 1.81 bits per heavy atom. The van der Waals surface area contributed by atoms with E-state index in [9.17, 15) is 8.42 Å². The van der Waals surface area contributed by atoms with Crippen molar-refractivity contribution in [2.45, 2.75) is 26.3 Å². The first-order chi connectivity index (χ1) is 9.97. The predicted molar refractivity (Wildman–Crippen MR) is 84.9 cm³/mol. The summed E-state index contributed by atoms with van der Waals surface area (Å²) in [4.78, 5) is 0. The lowest BCUT2D eigenvalue weighted by Gasteiger charge is -2.20. The molecule has 21 heavy (non-hydrogen) atoms. The van der Waals surface area contributed by atoms with Crippen molar-refractivity contribution in [3.05, 3.63) is 23.8 Å². The van der Waals surface area contributed by atoms with Crippen molar-refractivity contribution >= 4 is 9.84 Å². The Balaban J connectivity index is 3.07. The summed E-state index contributed by atoms with van der Waals surface area (Å²) in [5, 5.41) is 3.29. The molecule has 120 valence electrons. The first kappa shape index (κ1) is 17.8. The van der Waals surface area contributed by atoms with Crippen molar-refractivity contribution in [1.29, 1.82) is 0 Å². The molecule has 1 unspecified atom stereocenters. The van der Waals surface area contributed by atoms with Crippen LogP contribution in [0.3, 0.4) is 0 Å². The van der Waals surface area contributed by atoms with E-state index in [2.05, 4.69) is 5.32 Å². The summed E-state index contributed by atoms with van der Waals surface area (Å²) in [7, 11) is 0.0765. The van der Waals surface area contributed by atoms with Gasteiger partial charge in [-0.25, -0.2) is 8.42 Å². The van der Waals surface area contributed by atoms with Crippen LogP contribution in [-0.2, 0) is 9.84 Å². The third kappa shape index (κ3) is 5.21. The Morgan fingerprint density at radius 3 is 2.33 bits per heavy atom. The molecule has 0 radical (unpaired) electrons. The zero-order valence-corrected chi connectivity index (χ0v) is 14.0. The minimum absolute atomic E-state index is 0.0823. The predicted octanol–water partition coefficient (Wildman–Crippen LogP) is 2.18. The van der Waals surface area contributed by atoms with E-state index in [1.54, 1.807) is 27.2 Å². The van der Waals surface area contributed by atoms with Crippen LogP contribution in [0.25, 0.3) is 0 Å². The van der Waals surface area contributed by atoms with Gasteiger partial charge in [-0.3, -0.25) is 0 Å². The Bertz CT molecular complexity index is 543. The number of rotatable bonds is 9. The molecule has 0 bridgehead atoms. The van der Waals surface area contributed by atoms with E-state index in [1.807, 2.05) is 19.1 Å². The molecule has 0 fully saturated rings. The molecule has 1 rings (SSSR count). The highest BCUT2D eigenvalue weighted by atomic mass is 32.2. The highest BCUT2D eigenvalue weighted by molar-refractivity contribution is 7.91. The summed E-state index contributed by atoms with van der Waals surface area (Å²) in [6, 6.07) is 5.26. The zero-order valence-electron chi connectivity index (χ0n) is 13.2. The molecule has 1 aromatic carbocycles. The van der Waals surface area contributed by atoms with E-state index in [4.69, 9.17) is 9.47 Å². The number of hydrogen-bond acceptors (Lipinski definition) is 5. The molecule has 5 nitrogen and oxygen atoms in total. The third-order valence-electron chi connectivity index (χ3n) is 3.31. The number of ether oxygens (including phenoxy) is 2. The second kappa shape index (κ2) is 8.24. The molecule has 0 heterocycles. The lowest BCUT2D eigenvalue weighted by molar-refractivity contribution is 0.354. The number of nitrogens with one attached hydrogen (secondary N) is 1. The van der Waals surface area contributed by atoms with E-state index >= 15 is 0 Å². The van der Waals surface area contributed by atoms with Crippen molar-refractivity contribution in [2.75, 3.05) is 32.3 Å². The molecule has 6 heteroatoms. The maximum Gasteiger partial charge on any atom is 0.161 e. The molecule has 0 aliphatic rings. The third-order valence-corrected chi connectivity index (χ3v) is 5.03. The van der Waals surface area contributed by atoms with Crippen LogP contribution < -0.4 is 14.8 Å². The number of hydrogen-bond donors (Lipinski definition) is 1. The molecule has 1 aromatic rings. The van der Waals surface area contributed by atoms with Crippen LogP contribution in [0.15, 0.2) is 18.2 Å². The molecule has 0 aliphatic carbocycles. The topological polar surface area (TPSA) is 64.6 Å².